The molecule has 8 heteroatoms. The van der Waals surface area contributed by atoms with Gasteiger partial charge in [-0.2, -0.15) is 4.31 Å². The van der Waals surface area contributed by atoms with Crippen molar-refractivity contribution in [2.24, 2.45) is 0 Å². The van der Waals surface area contributed by atoms with Gasteiger partial charge < -0.3 is 15.4 Å². The van der Waals surface area contributed by atoms with E-state index in [0.717, 1.165) is 18.5 Å². The van der Waals surface area contributed by atoms with Gasteiger partial charge in [0.05, 0.1) is 30.2 Å². The number of rotatable bonds is 7. The van der Waals surface area contributed by atoms with Gasteiger partial charge >= 0.3 is 0 Å². The molecule has 2 rings (SSSR count). The van der Waals surface area contributed by atoms with Gasteiger partial charge in [0.1, 0.15) is 0 Å². The van der Waals surface area contributed by atoms with E-state index in [0.29, 0.717) is 38.4 Å². The smallest absolute Gasteiger partial charge is 0.251 e. The summed E-state index contributed by atoms with van der Waals surface area (Å²) in [6, 6.07) is 4.74. The maximum atomic E-state index is 12.8. The average Bonchev–Trinajstić information content (AvgIpc) is 2.61. The van der Waals surface area contributed by atoms with Gasteiger partial charge in [-0.1, -0.05) is 6.07 Å². The molecule has 1 amide bonds. The van der Waals surface area contributed by atoms with Crippen molar-refractivity contribution in [1.82, 2.24) is 9.62 Å². The summed E-state index contributed by atoms with van der Waals surface area (Å²) in [7, 11) is -3.61. The minimum absolute atomic E-state index is 0.154. The summed E-state index contributed by atoms with van der Waals surface area (Å²) in [5.41, 5.74) is 1.33. The number of nitrogens with zero attached hydrogens (tertiary/aromatic N) is 1. The Kier molecular flexibility index (Phi) is 7.39. The fourth-order valence-corrected chi connectivity index (χ4v) is 4.31. The number of morpholine rings is 1. The van der Waals surface area contributed by atoms with E-state index in [1.807, 2.05) is 6.92 Å². The number of hydrogen-bond donors (Lipinski definition) is 2. The number of quaternary nitrogens is 1. The molecule has 0 aliphatic carbocycles. The van der Waals surface area contributed by atoms with Crippen LogP contribution in [0.5, 0.6) is 0 Å². The molecule has 1 aromatic rings. The predicted molar refractivity (Wildman–Crippen MR) is 104 cm³/mol. The fraction of sp³-hybridized carbons (Fsp3) is 0.632. The third-order valence-corrected chi connectivity index (χ3v) is 6.38. The second kappa shape index (κ2) is 9.14. The van der Waals surface area contributed by atoms with Crippen LogP contribution in [0.4, 0.5) is 0 Å². The summed E-state index contributed by atoms with van der Waals surface area (Å²) in [6.07, 6.45) is 0.855. The molecule has 1 aromatic carbocycles. The lowest BCUT2D eigenvalue weighted by Crippen LogP contribution is -2.94. The van der Waals surface area contributed by atoms with Crippen LogP contribution in [-0.4, -0.2) is 63.6 Å². The third kappa shape index (κ3) is 6.27. The van der Waals surface area contributed by atoms with Crippen molar-refractivity contribution in [1.29, 1.82) is 0 Å². The molecule has 0 spiro atoms. The summed E-state index contributed by atoms with van der Waals surface area (Å²) >= 11 is 0. The Balaban J connectivity index is 2.02. The predicted octanol–water partition coefficient (Wildman–Crippen LogP) is 0.498. The molecule has 1 aliphatic rings. The van der Waals surface area contributed by atoms with Crippen molar-refractivity contribution in [2.45, 2.75) is 44.6 Å². The molecule has 152 valence electrons. The van der Waals surface area contributed by atoms with E-state index in [4.69, 9.17) is 4.74 Å². The number of sulfonamides is 1. The van der Waals surface area contributed by atoms with E-state index in [1.54, 1.807) is 12.1 Å². The van der Waals surface area contributed by atoms with Gasteiger partial charge in [0.2, 0.25) is 10.0 Å². The first kappa shape index (κ1) is 21.8. The number of hydrogen-bond acceptors (Lipinski definition) is 4. The Morgan fingerprint density at radius 1 is 1.26 bits per heavy atom. The lowest BCUT2D eigenvalue weighted by atomic mass is 10.1. The summed E-state index contributed by atoms with van der Waals surface area (Å²) in [4.78, 5) is 12.7. The van der Waals surface area contributed by atoms with Gasteiger partial charge in [0.25, 0.3) is 5.91 Å². The van der Waals surface area contributed by atoms with Gasteiger partial charge in [0.15, 0.2) is 0 Å². The van der Waals surface area contributed by atoms with Crippen LogP contribution in [0.15, 0.2) is 23.1 Å². The number of nitrogens with one attached hydrogen (secondary N) is 1. The first-order chi connectivity index (χ1) is 12.6. The van der Waals surface area contributed by atoms with E-state index in [2.05, 4.69) is 31.4 Å². The molecule has 7 nitrogen and oxygen atoms in total. The lowest BCUT2D eigenvalue weighted by molar-refractivity contribution is -0.717. The molecule has 3 N–H and O–H groups in total. The highest BCUT2D eigenvalue weighted by Gasteiger charge is 2.27. The molecule has 0 saturated carbocycles. The van der Waals surface area contributed by atoms with Crippen molar-refractivity contribution in [2.75, 3.05) is 39.4 Å². The highest BCUT2D eigenvalue weighted by atomic mass is 32.2. The number of benzene rings is 1. The number of ether oxygens (including phenoxy) is 1. The van der Waals surface area contributed by atoms with Gasteiger partial charge in [0, 0.05) is 31.6 Å². The summed E-state index contributed by atoms with van der Waals surface area (Å²) in [5.74, 6) is -0.234. The standard InChI is InChI=1S/C19H31N3O4S/c1-15-6-7-16(27(24,25)22-10-12-26-13-11-22)14-17(15)18(23)20-8-5-9-21-19(2,3)4/h6-7,14,21H,5,8-13H2,1-4H3,(H,20,23)/p+1. The molecular weight excluding hydrogens is 366 g/mol. The molecule has 27 heavy (non-hydrogen) atoms. The number of aryl methyl sites for hydroxylation is 1. The Bertz CT molecular complexity index is 751. The van der Waals surface area contributed by atoms with E-state index in [1.165, 1.54) is 10.4 Å². The zero-order valence-corrected chi connectivity index (χ0v) is 17.6. The van der Waals surface area contributed by atoms with Crippen molar-refractivity contribution < 1.29 is 23.3 Å². The minimum atomic E-state index is -3.61. The Morgan fingerprint density at radius 2 is 1.93 bits per heavy atom. The van der Waals surface area contributed by atoms with Crippen LogP contribution in [0.25, 0.3) is 0 Å². The number of amides is 1. The van der Waals surface area contributed by atoms with Crippen molar-refractivity contribution >= 4 is 15.9 Å². The van der Waals surface area contributed by atoms with Gasteiger partial charge in [-0.25, -0.2) is 8.42 Å². The molecule has 1 fully saturated rings. The number of carbonyl (C=O) groups excluding carboxylic acids is 1. The summed E-state index contributed by atoms with van der Waals surface area (Å²) in [5, 5.41) is 5.13. The molecular formula is C19H32N3O4S+. The zero-order chi connectivity index (χ0) is 20.1. The second-order valence-corrected chi connectivity index (χ2v) is 9.90. The quantitative estimate of drug-likeness (QED) is 0.654. The Labute approximate surface area is 162 Å². The van der Waals surface area contributed by atoms with Crippen LogP contribution in [0.1, 0.15) is 43.1 Å². The minimum Gasteiger partial charge on any atom is -0.379 e. The van der Waals surface area contributed by atoms with Crippen LogP contribution in [0.2, 0.25) is 0 Å². The molecule has 0 radical (unpaired) electrons. The molecule has 0 unspecified atom stereocenters. The lowest BCUT2D eigenvalue weighted by Gasteiger charge is -2.26. The zero-order valence-electron chi connectivity index (χ0n) is 16.7. The average molecular weight is 399 g/mol. The molecule has 1 saturated heterocycles. The second-order valence-electron chi connectivity index (χ2n) is 7.96. The SMILES string of the molecule is Cc1ccc(S(=O)(=O)N2CCOCC2)cc1C(=O)NCCC[NH2+]C(C)(C)C. The van der Waals surface area contributed by atoms with Gasteiger partial charge in [-0.05, 0) is 45.4 Å². The maximum absolute atomic E-state index is 12.8. The third-order valence-electron chi connectivity index (χ3n) is 4.48. The Morgan fingerprint density at radius 3 is 2.56 bits per heavy atom. The normalized spacial score (nSPS) is 16.3. The summed E-state index contributed by atoms with van der Waals surface area (Å²) < 4.78 is 32.2. The van der Waals surface area contributed by atoms with Crippen LogP contribution in [0, 0.1) is 6.92 Å². The fourth-order valence-electron chi connectivity index (χ4n) is 2.88. The van der Waals surface area contributed by atoms with Crippen LogP contribution >= 0.6 is 0 Å². The Hall–Kier alpha value is -1.48. The van der Waals surface area contributed by atoms with Gasteiger partial charge in [-0.3, -0.25) is 4.79 Å². The molecule has 0 aromatic heterocycles. The molecule has 1 aliphatic heterocycles. The number of nitrogens with two attached hydrogens (primary N) is 1. The van der Waals surface area contributed by atoms with Crippen molar-refractivity contribution in [3.8, 4) is 0 Å². The first-order valence-corrected chi connectivity index (χ1v) is 10.9. The largest absolute Gasteiger partial charge is 0.379 e. The molecule has 1 heterocycles. The topological polar surface area (TPSA) is 92.3 Å². The molecule has 0 bridgehead atoms. The highest BCUT2D eigenvalue weighted by Crippen LogP contribution is 2.20. The van der Waals surface area contributed by atoms with Crippen LogP contribution < -0.4 is 10.6 Å². The van der Waals surface area contributed by atoms with E-state index in [-0.39, 0.29) is 16.3 Å². The van der Waals surface area contributed by atoms with E-state index >= 15 is 0 Å². The van der Waals surface area contributed by atoms with Crippen molar-refractivity contribution in [3.63, 3.8) is 0 Å². The maximum Gasteiger partial charge on any atom is 0.251 e. The van der Waals surface area contributed by atoms with E-state index in [9.17, 15) is 13.2 Å². The first-order valence-electron chi connectivity index (χ1n) is 9.42. The van der Waals surface area contributed by atoms with Crippen LogP contribution in [-0.2, 0) is 14.8 Å². The highest BCUT2D eigenvalue weighted by molar-refractivity contribution is 7.89. The number of carbonyl (C=O) groups is 1. The monoisotopic (exact) mass is 398 g/mol. The van der Waals surface area contributed by atoms with Crippen molar-refractivity contribution in [3.05, 3.63) is 29.3 Å². The molecule has 0 atom stereocenters. The van der Waals surface area contributed by atoms with Gasteiger partial charge in [-0.15, -0.1) is 0 Å². The summed E-state index contributed by atoms with van der Waals surface area (Å²) in [6.45, 7) is 11.2. The van der Waals surface area contributed by atoms with E-state index < -0.39 is 10.0 Å². The van der Waals surface area contributed by atoms with Crippen LogP contribution in [0.3, 0.4) is 0 Å².